The summed E-state index contributed by atoms with van der Waals surface area (Å²) < 4.78 is 23.1. The van der Waals surface area contributed by atoms with Crippen molar-refractivity contribution < 1.29 is 8.42 Å². The predicted octanol–water partition coefficient (Wildman–Crippen LogP) is 2.30. The zero-order valence-electron chi connectivity index (χ0n) is 7.44. The second-order valence-corrected chi connectivity index (χ2v) is 7.84. The summed E-state index contributed by atoms with van der Waals surface area (Å²) in [5.74, 6) is 0. The molecule has 0 aromatic heterocycles. The molecule has 1 aliphatic heterocycles. The fraction of sp³-hybridized carbons (Fsp3) is 0.333. The molecule has 0 aliphatic carbocycles. The first kappa shape index (κ1) is 9.09. The normalized spacial score (nSPS) is 22.6. The molecule has 4 heteroatoms. The van der Waals surface area contributed by atoms with E-state index in [2.05, 4.69) is 0 Å². The van der Waals surface area contributed by atoms with Crippen molar-refractivity contribution in [3.05, 3.63) is 24.3 Å². The van der Waals surface area contributed by atoms with Crippen LogP contribution in [-0.4, -0.2) is 12.5 Å². The van der Waals surface area contributed by atoms with Crippen LogP contribution in [0.4, 0.5) is 0 Å². The molecule has 0 amide bonds. The van der Waals surface area contributed by atoms with E-state index in [0.717, 1.165) is 4.90 Å². The van der Waals surface area contributed by atoms with Crippen molar-refractivity contribution in [2.24, 2.45) is 0 Å². The molecular weight excluding hydrogens is 204 g/mol. The lowest BCUT2D eigenvalue weighted by atomic mass is 10.4. The van der Waals surface area contributed by atoms with E-state index in [0.29, 0.717) is 4.90 Å². The zero-order valence-corrected chi connectivity index (χ0v) is 9.08. The van der Waals surface area contributed by atoms with E-state index in [-0.39, 0.29) is 0 Å². The van der Waals surface area contributed by atoms with Crippen LogP contribution >= 0.6 is 11.8 Å². The van der Waals surface area contributed by atoms with E-state index in [1.807, 2.05) is 12.1 Å². The molecule has 1 aliphatic rings. The quantitative estimate of drug-likeness (QED) is 0.664. The van der Waals surface area contributed by atoms with Crippen molar-refractivity contribution in [1.29, 1.82) is 0 Å². The third-order valence-corrected chi connectivity index (χ3v) is 6.48. The SMILES string of the molecule is CC1(C)Sc2ccccc2S1(=O)=O. The molecule has 0 atom stereocenters. The second-order valence-electron chi connectivity index (χ2n) is 3.45. The highest BCUT2D eigenvalue weighted by molar-refractivity contribution is 8.17. The molecule has 0 spiro atoms. The van der Waals surface area contributed by atoms with Crippen LogP contribution in [-0.2, 0) is 9.84 Å². The van der Waals surface area contributed by atoms with E-state index in [1.165, 1.54) is 11.8 Å². The summed E-state index contributed by atoms with van der Waals surface area (Å²) in [6.45, 7) is 3.49. The Hall–Kier alpha value is -0.480. The maximum absolute atomic E-state index is 11.9. The van der Waals surface area contributed by atoms with E-state index >= 15 is 0 Å². The molecule has 70 valence electrons. The molecule has 0 fully saturated rings. The van der Waals surface area contributed by atoms with Crippen LogP contribution in [0.15, 0.2) is 34.1 Å². The molecule has 1 aromatic carbocycles. The van der Waals surface area contributed by atoms with Gasteiger partial charge in [0, 0.05) is 4.90 Å². The van der Waals surface area contributed by atoms with Crippen LogP contribution in [0.1, 0.15) is 13.8 Å². The average Bonchev–Trinajstić information content (AvgIpc) is 2.20. The summed E-state index contributed by atoms with van der Waals surface area (Å²) in [4.78, 5) is 1.34. The zero-order chi connectivity index (χ0) is 9.69. The molecule has 1 aromatic rings. The van der Waals surface area contributed by atoms with Gasteiger partial charge in [-0.1, -0.05) is 12.1 Å². The van der Waals surface area contributed by atoms with Crippen molar-refractivity contribution >= 4 is 21.6 Å². The lowest BCUT2D eigenvalue weighted by Crippen LogP contribution is -2.22. The number of benzene rings is 1. The molecule has 0 unspecified atom stereocenters. The molecule has 0 saturated heterocycles. The number of hydrogen-bond donors (Lipinski definition) is 0. The maximum Gasteiger partial charge on any atom is 0.194 e. The lowest BCUT2D eigenvalue weighted by Gasteiger charge is -2.14. The van der Waals surface area contributed by atoms with Crippen LogP contribution < -0.4 is 0 Å². The Balaban J connectivity index is 2.75. The summed E-state index contributed by atoms with van der Waals surface area (Å²) in [6.07, 6.45) is 0. The van der Waals surface area contributed by atoms with Gasteiger partial charge in [0.1, 0.15) is 4.08 Å². The van der Waals surface area contributed by atoms with Gasteiger partial charge in [-0.15, -0.1) is 11.8 Å². The van der Waals surface area contributed by atoms with Crippen LogP contribution in [0.3, 0.4) is 0 Å². The van der Waals surface area contributed by atoms with Gasteiger partial charge in [-0.2, -0.15) is 0 Å². The number of thioether (sulfide) groups is 1. The Labute approximate surface area is 82.3 Å². The van der Waals surface area contributed by atoms with Crippen molar-refractivity contribution in [3.63, 3.8) is 0 Å². The van der Waals surface area contributed by atoms with Gasteiger partial charge < -0.3 is 0 Å². The van der Waals surface area contributed by atoms with Crippen LogP contribution in [0.25, 0.3) is 0 Å². The number of sulfone groups is 1. The fourth-order valence-electron chi connectivity index (χ4n) is 1.34. The largest absolute Gasteiger partial charge is 0.222 e. The highest BCUT2D eigenvalue weighted by Gasteiger charge is 2.44. The summed E-state index contributed by atoms with van der Waals surface area (Å²) >= 11 is 1.41. The maximum atomic E-state index is 11.9. The topological polar surface area (TPSA) is 34.1 Å². The van der Waals surface area contributed by atoms with Gasteiger partial charge in [0.15, 0.2) is 9.84 Å². The van der Waals surface area contributed by atoms with Gasteiger partial charge >= 0.3 is 0 Å². The fourth-order valence-corrected chi connectivity index (χ4v) is 4.74. The summed E-state index contributed by atoms with van der Waals surface area (Å²) in [5.41, 5.74) is 0. The predicted molar refractivity (Wildman–Crippen MR) is 53.6 cm³/mol. The van der Waals surface area contributed by atoms with Crippen LogP contribution in [0.5, 0.6) is 0 Å². The summed E-state index contributed by atoms with van der Waals surface area (Å²) in [6, 6.07) is 7.15. The Morgan fingerprint density at radius 2 is 1.85 bits per heavy atom. The summed E-state index contributed by atoms with van der Waals surface area (Å²) in [5, 5.41) is 0. The molecule has 13 heavy (non-hydrogen) atoms. The van der Waals surface area contributed by atoms with Crippen molar-refractivity contribution in [3.8, 4) is 0 Å². The molecule has 0 bridgehead atoms. The van der Waals surface area contributed by atoms with E-state index in [9.17, 15) is 8.42 Å². The molecule has 0 saturated carbocycles. The lowest BCUT2D eigenvalue weighted by molar-refractivity contribution is 0.583. The third kappa shape index (κ3) is 1.12. The van der Waals surface area contributed by atoms with Gasteiger partial charge in [-0.25, -0.2) is 8.42 Å². The van der Waals surface area contributed by atoms with Crippen molar-refractivity contribution in [2.75, 3.05) is 0 Å². The number of hydrogen-bond acceptors (Lipinski definition) is 3. The minimum Gasteiger partial charge on any atom is -0.222 e. The second kappa shape index (κ2) is 2.51. The first-order valence-electron chi connectivity index (χ1n) is 3.98. The molecule has 1 heterocycles. The molecule has 2 nitrogen and oxygen atoms in total. The minimum atomic E-state index is -3.12. The van der Waals surface area contributed by atoms with Gasteiger partial charge in [-0.05, 0) is 26.0 Å². The van der Waals surface area contributed by atoms with Crippen molar-refractivity contribution in [2.45, 2.75) is 27.7 Å². The Morgan fingerprint density at radius 1 is 1.23 bits per heavy atom. The smallest absolute Gasteiger partial charge is 0.194 e. The molecule has 0 N–H and O–H groups in total. The van der Waals surface area contributed by atoms with E-state index in [1.54, 1.807) is 26.0 Å². The van der Waals surface area contributed by atoms with Gasteiger partial charge in [0.2, 0.25) is 0 Å². The third-order valence-electron chi connectivity index (χ3n) is 2.14. The molecule has 0 radical (unpaired) electrons. The molecule has 2 rings (SSSR count). The number of fused-ring (bicyclic) bond motifs is 1. The van der Waals surface area contributed by atoms with Gasteiger partial charge in [0.25, 0.3) is 0 Å². The Kier molecular flexibility index (Phi) is 1.76. The highest BCUT2D eigenvalue weighted by atomic mass is 32.3. The van der Waals surface area contributed by atoms with E-state index in [4.69, 9.17) is 0 Å². The average molecular weight is 214 g/mol. The van der Waals surface area contributed by atoms with Crippen molar-refractivity contribution in [1.82, 2.24) is 0 Å². The van der Waals surface area contributed by atoms with Gasteiger partial charge in [0.05, 0.1) is 4.90 Å². The monoisotopic (exact) mass is 214 g/mol. The van der Waals surface area contributed by atoms with Crippen LogP contribution in [0, 0.1) is 0 Å². The first-order valence-corrected chi connectivity index (χ1v) is 6.28. The summed E-state index contributed by atoms with van der Waals surface area (Å²) in [7, 11) is -3.12. The Bertz CT molecular complexity index is 446. The minimum absolute atomic E-state index is 0.477. The van der Waals surface area contributed by atoms with Crippen LogP contribution in [0.2, 0.25) is 0 Å². The number of rotatable bonds is 0. The highest BCUT2D eigenvalue weighted by Crippen LogP contribution is 2.49. The molecular formula is C9H10O2S2. The van der Waals surface area contributed by atoms with Gasteiger partial charge in [-0.3, -0.25) is 0 Å². The first-order chi connectivity index (χ1) is 5.95. The van der Waals surface area contributed by atoms with E-state index < -0.39 is 13.9 Å². The Morgan fingerprint density at radius 3 is 2.46 bits per heavy atom. The standard InChI is InChI=1S/C9H10O2S2/c1-9(2)12-7-5-3-4-6-8(7)13(9,10)11/h3-6H,1-2H3.